The van der Waals surface area contributed by atoms with Crippen LogP contribution >= 0.6 is 0 Å². The van der Waals surface area contributed by atoms with Gasteiger partial charge in [0.25, 0.3) is 0 Å². The van der Waals surface area contributed by atoms with Gasteiger partial charge >= 0.3 is 0 Å². The number of hydrogen-bond acceptors (Lipinski definition) is 16. The molecule has 0 radical (unpaired) electrons. The van der Waals surface area contributed by atoms with E-state index in [0.29, 0.717) is 0 Å². The summed E-state index contributed by atoms with van der Waals surface area (Å²) in [6.45, 7) is 0.650. The molecule has 3 heterocycles. The molecule has 2 aromatic carbocycles. The Morgan fingerprint density at radius 1 is 0.744 bits per heavy atom. The summed E-state index contributed by atoms with van der Waals surface area (Å²) in [5.74, 6) is -3.14. The normalized spacial score (nSPS) is 32.9. The zero-order chi connectivity index (χ0) is 31.3. The molecule has 2 unspecified atom stereocenters. The number of aliphatic hydroxyl groups is 7. The first-order valence-corrected chi connectivity index (χ1v) is 13.0. The van der Waals surface area contributed by atoms with E-state index >= 15 is 0 Å². The highest BCUT2D eigenvalue weighted by Crippen LogP contribution is 2.40. The lowest BCUT2D eigenvalue weighted by Crippen LogP contribution is -2.60. The summed E-state index contributed by atoms with van der Waals surface area (Å²) in [5.41, 5.74) is -1.40. The van der Waals surface area contributed by atoms with Crippen LogP contribution in [0, 0.1) is 0 Å². The Bertz CT molecular complexity index is 1540. The van der Waals surface area contributed by atoms with Gasteiger partial charge in [-0.2, -0.15) is 0 Å². The van der Waals surface area contributed by atoms with Crippen molar-refractivity contribution >= 4 is 11.0 Å². The molecule has 234 valence electrons. The SMILES string of the molecule is C[C@@H]1O[C@@H](Oc2cc(O)c3c(=O)c(O[C@@H]4O[C@H](CO)[C@@H](O)C(O)C4O)c(-c4ccc(O)c(O)c4)oc3c2)[C@H](O)[C@H](O)[C@H]1O. The van der Waals surface area contributed by atoms with Crippen LogP contribution in [0.2, 0.25) is 0 Å². The van der Waals surface area contributed by atoms with Crippen LogP contribution in [0.1, 0.15) is 6.92 Å². The molecule has 10 N–H and O–H groups in total. The summed E-state index contributed by atoms with van der Waals surface area (Å²) in [4.78, 5) is 13.7. The van der Waals surface area contributed by atoms with Crippen LogP contribution in [0.25, 0.3) is 22.3 Å². The number of ether oxygens (including phenoxy) is 4. The molecule has 1 aromatic heterocycles. The fraction of sp³-hybridized carbons (Fsp3) is 0.444. The van der Waals surface area contributed by atoms with Crippen LogP contribution in [-0.2, 0) is 9.47 Å². The van der Waals surface area contributed by atoms with Crippen LogP contribution in [0.3, 0.4) is 0 Å². The molecule has 2 fully saturated rings. The maximum atomic E-state index is 13.7. The number of phenols is 3. The van der Waals surface area contributed by atoms with Gasteiger partial charge in [-0.3, -0.25) is 4.79 Å². The van der Waals surface area contributed by atoms with Crippen molar-refractivity contribution in [2.75, 3.05) is 6.61 Å². The molecule has 2 saturated heterocycles. The third kappa shape index (κ3) is 5.55. The average Bonchev–Trinajstić information content (AvgIpc) is 2.97. The van der Waals surface area contributed by atoms with Gasteiger partial charge in [0.2, 0.25) is 23.8 Å². The minimum Gasteiger partial charge on any atom is -0.507 e. The van der Waals surface area contributed by atoms with Crippen molar-refractivity contribution < 1.29 is 74.4 Å². The molecule has 0 bridgehead atoms. The highest BCUT2D eigenvalue weighted by molar-refractivity contribution is 5.88. The predicted octanol–water partition coefficient (Wildman–Crippen LogP) is -2.04. The highest BCUT2D eigenvalue weighted by atomic mass is 16.7. The van der Waals surface area contributed by atoms with E-state index < -0.39 is 108 Å². The topological polar surface area (TPSA) is 269 Å². The van der Waals surface area contributed by atoms with Crippen LogP contribution in [0.15, 0.2) is 39.5 Å². The molecule has 43 heavy (non-hydrogen) atoms. The lowest BCUT2D eigenvalue weighted by Gasteiger charge is -2.39. The second-order valence-electron chi connectivity index (χ2n) is 10.2. The third-order valence-corrected chi connectivity index (χ3v) is 7.29. The molecular formula is C27H30O16. The Labute approximate surface area is 241 Å². The molecule has 0 spiro atoms. The van der Waals surface area contributed by atoms with E-state index in [-0.39, 0.29) is 16.9 Å². The van der Waals surface area contributed by atoms with Crippen molar-refractivity contribution in [3.63, 3.8) is 0 Å². The van der Waals surface area contributed by atoms with Gasteiger partial charge in [0, 0.05) is 17.7 Å². The molecule has 5 rings (SSSR count). The van der Waals surface area contributed by atoms with E-state index in [1.54, 1.807) is 0 Å². The van der Waals surface area contributed by atoms with E-state index in [9.17, 15) is 55.9 Å². The van der Waals surface area contributed by atoms with Gasteiger partial charge in [-0.1, -0.05) is 0 Å². The first-order valence-electron chi connectivity index (χ1n) is 13.0. The van der Waals surface area contributed by atoms with Crippen LogP contribution in [-0.4, -0.2) is 119 Å². The van der Waals surface area contributed by atoms with Crippen molar-refractivity contribution in [2.24, 2.45) is 0 Å². The molecule has 3 aromatic rings. The Hall–Kier alpha value is -3.71. The van der Waals surface area contributed by atoms with E-state index in [1.165, 1.54) is 13.0 Å². The van der Waals surface area contributed by atoms with Crippen molar-refractivity contribution in [3.8, 4) is 40.1 Å². The molecule has 0 aliphatic carbocycles. The minimum atomic E-state index is -1.92. The van der Waals surface area contributed by atoms with Crippen molar-refractivity contribution in [1.82, 2.24) is 0 Å². The second kappa shape index (κ2) is 11.8. The molecule has 2 aliphatic heterocycles. The van der Waals surface area contributed by atoms with Gasteiger partial charge in [-0.25, -0.2) is 0 Å². The number of phenolic OH excluding ortho intramolecular Hbond substituents is 3. The molecule has 2 aliphatic rings. The van der Waals surface area contributed by atoms with Crippen molar-refractivity contribution in [1.29, 1.82) is 0 Å². The van der Waals surface area contributed by atoms with E-state index in [1.807, 2.05) is 0 Å². The smallest absolute Gasteiger partial charge is 0.239 e. The van der Waals surface area contributed by atoms with Gasteiger partial charge in [0.05, 0.1) is 12.7 Å². The molecule has 16 heteroatoms. The van der Waals surface area contributed by atoms with Crippen LogP contribution in [0.4, 0.5) is 0 Å². The minimum absolute atomic E-state index is 0.0447. The third-order valence-electron chi connectivity index (χ3n) is 7.29. The van der Waals surface area contributed by atoms with E-state index in [4.69, 9.17) is 23.4 Å². The molecule has 16 nitrogen and oxygen atoms in total. The number of aromatic hydroxyl groups is 3. The summed E-state index contributed by atoms with van der Waals surface area (Å²) in [7, 11) is 0. The van der Waals surface area contributed by atoms with Gasteiger partial charge < -0.3 is 74.4 Å². The summed E-state index contributed by atoms with van der Waals surface area (Å²) in [6, 6.07) is 5.43. The predicted molar refractivity (Wildman–Crippen MR) is 140 cm³/mol. The molecule has 0 saturated carbocycles. The Balaban J connectivity index is 1.61. The number of hydrogen-bond donors (Lipinski definition) is 10. The fourth-order valence-electron chi connectivity index (χ4n) is 4.81. The summed E-state index contributed by atoms with van der Waals surface area (Å²) in [5, 5.41) is 101. The summed E-state index contributed by atoms with van der Waals surface area (Å²) < 4.78 is 27.8. The Kier molecular flexibility index (Phi) is 8.41. The number of rotatable bonds is 6. The Morgan fingerprint density at radius 3 is 2.05 bits per heavy atom. The molecule has 0 amide bonds. The van der Waals surface area contributed by atoms with Crippen molar-refractivity contribution in [3.05, 3.63) is 40.6 Å². The zero-order valence-electron chi connectivity index (χ0n) is 22.3. The van der Waals surface area contributed by atoms with Gasteiger partial charge in [-0.05, 0) is 25.1 Å². The van der Waals surface area contributed by atoms with Crippen LogP contribution < -0.4 is 14.9 Å². The maximum Gasteiger partial charge on any atom is 0.239 e. The number of benzene rings is 2. The largest absolute Gasteiger partial charge is 0.507 e. The highest BCUT2D eigenvalue weighted by Gasteiger charge is 2.46. The van der Waals surface area contributed by atoms with Gasteiger partial charge in [-0.15, -0.1) is 0 Å². The first-order chi connectivity index (χ1) is 20.3. The van der Waals surface area contributed by atoms with Crippen molar-refractivity contribution in [2.45, 2.75) is 68.3 Å². The summed E-state index contributed by atoms with van der Waals surface area (Å²) in [6.07, 6.45) is -15.9. The molecule has 10 atom stereocenters. The van der Waals surface area contributed by atoms with Gasteiger partial charge in [0.1, 0.15) is 65.2 Å². The zero-order valence-corrected chi connectivity index (χ0v) is 22.3. The van der Waals surface area contributed by atoms with E-state index in [0.717, 1.165) is 24.3 Å². The average molecular weight is 611 g/mol. The first kappa shape index (κ1) is 30.7. The number of fused-ring (bicyclic) bond motifs is 1. The van der Waals surface area contributed by atoms with E-state index in [2.05, 4.69) is 0 Å². The second-order valence-corrected chi connectivity index (χ2v) is 10.2. The lowest BCUT2D eigenvalue weighted by atomic mass is 9.99. The number of aliphatic hydroxyl groups excluding tert-OH is 7. The van der Waals surface area contributed by atoms with Crippen LogP contribution in [0.5, 0.6) is 28.7 Å². The Morgan fingerprint density at radius 2 is 1.40 bits per heavy atom. The fourth-order valence-corrected chi connectivity index (χ4v) is 4.81. The summed E-state index contributed by atoms with van der Waals surface area (Å²) >= 11 is 0. The quantitative estimate of drug-likeness (QED) is 0.135. The lowest BCUT2D eigenvalue weighted by molar-refractivity contribution is -0.277. The molecular weight excluding hydrogens is 580 g/mol. The van der Waals surface area contributed by atoms with Gasteiger partial charge in [0.15, 0.2) is 17.3 Å². The standard InChI is InChI=1S/C27H30O16/c1-8-17(32)20(35)22(37)26(39-8)40-10-5-13(31)16-14(6-10)41-24(9-2-3-11(29)12(30)4-9)25(19(16)34)43-27-23(38)21(36)18(33)15(7-28)42-27/h2-6,8,15,17-18,20-23,26-33,35-38H,7H2,1H3/t8-,15+,17-,18+,20+,21?,22+,23?,26-,27-/m0/s1. The monoisotopic (exact) mass is 610 g/mol. The maximum absolute atomic E-state index is 13.7.